The summed E-state index contributed by atoms with van der Waals surface area (Å²) in [5.41, 5.74) is -0.403. The summed E-state index contributed by atoms with van der Waals surface area (Å²) >= 11 is 0. The van der Waals surface area contributed by atoms with Gasteiger partial charge in [0.2, 0.25) is 5.91 Å². The van der Waals surface area contributed by atoms with Gasteiger partial charge in [-0.2, -0.15) is 13.2 Å². The minimum Gasteiger partial charge on any atom is -0.490 e. The molecule has 0 aliphatic heterocycles. The molecule has 0 unspecified atom stereocenters. The maximum atomic E-state index is 12.6. The van der Waals surface area contributed by atoms with Gasteiger partial charge in [0.05, 0.1) is 5.56 Å². The van der Waals surface area contributed by atoms with Crippen molar-refractivity contribution in [3.8, 4) is 5.75 Å². The summed E-state index contributed by atoms with van der Waals surface area (Å²) in [5, 5.41) is 18.3. The van der Waals surface area contributed by atoms with Crippen molar-refractivity contribution in [2.24, 2.45) is 0 Å². The van der Waals surface area contributed by atoms with E-state index in [4.69, 9.17) is 4.74 Å². The molecule has 0 saturated carbocycles. The van der Waals surface area contributed by atoms with E-state index in [0.717, 1.165) is 41.5 Å². The van der Waals surface area contributed by atoms with Crippen LogP contribution in [-0.4, -0.2) is 36.3 Å². The third-order valence-electron chi connectivity index (χ3n) is 5.67. The number of halogens is 3. The van der Waals surface area contributed by atoms with Gasteiger partial charge in [-0.3, -0.25) is 4.79 Å². The lowest BCUT2D eigenvalue weighted by Crippen LogP contribution is -2.36. The summed E-state index contributed by atoms with van der Waals surface area (Å²) in [6.07, 6.45) is -2.49. The summed E-state index contributed by atoms with van der Waals surface area (Å²) < 4.78 is 43.6. The fraction of sp³-hybridized carbons (Fsp3) is 0.370. The maximum absolute atomic E-state index is 12.6. The number of anilines is 1. The van der Waals surface area contributed by atoms with Gasteiger partial charge >= 0.3 is 6.18 Å². The number of hydrogen-bond donors (Lipinski definition) is 3. The van der Waals surface area contributed by atoms with Crippen LogP contribution >= 0.6 is 0 Å². The van der Waals surface area contributed by atoms with E-state index >= 15 is 0 Å². The quantitative estimate of drug-likeness (QED) is 0.283. The van der Waals surface area contributed by atoms with Crippen LogP contribution in [0.5, 0.6) is 5.75 Å². The first-order valence-corrected chi connectivity index (χ1v) is 11.7. The minimum atomic E-state index is -4.40. The lowest BCUT2D eigenvalue weighted by Gasteiger charge is -2.18. The fourth-order valence-corrected chi connectivity index (χ4v) is 3.71. The van der Waals surface area contributed by atoms with E-state index in [0.29, 0.717) is 18.7 Å². The van der Waals surface area contributed by atoms with E-state index < -0.39 is 17.8 Å². The standard InChI is InChI=1S/C27H31F3N2O3/c1-19(7-2-5-12-26(34)32-22-15-13-21(14-16-22)27(28,29)30)31-17-23(33)18-35-25-11-6-9-20-8-3-4-10-24(20)25/h3-4,6,8-11,13-16,19,23,31,33H,2,5,7,12,17-18H2,1H3,(H,32,34)/t19-,23-/m1/s1. The van der Waals surface area contributed by atoms with Crippen molar-refractivity contribution in [1.29, 1.82) is 0 Å². The molecule has 3 aromatic rings. The Labute approximate surface area is 203 Å². The topological polar surface area (TPSA) is 70.6 Å². The van der Waals surface area contributed by atoms with Gasteiger partial charge < -0.3 is 20.5 Å². The van der Waals surface area contributed by atoms with Gasteiger partial charge in [0.1, 0.15) is 18.5 Å². The van der Waals surface area contributed by atoms with Crippen LogP contribution in [0.2, 0.25) is 0 Å². The van der Waals surface area contributed by atoms with Crippen molar-refractivity contribution >= 4 is 22.4 Å². The highest BCUT2D eigenvalue weighted by Crippen LogP contribution is 2.30. The Morgan fingerprint density at radius 1 is 1.00 bits per heavy atom. The number of amides is 1. The van der Waals surface area contributed by atoms with Crippen LogP contribution in [0.1, 0.15) is 38.2 Å². The zero-order valence-electron chi connectivity index (χ0n) is 19.6. The van der Waals surface area contributed by atoms with Gasteiger partial charge in [0, 0.05) is 30.1 Å². The molecule has 188 valence electrons. The Bertz CT molecular complexity index is 1080. The molecule has 1 amide bonds. The van der Waals surface area contributed by atoms with Crippen LogP contribution in [0.4, 0.5) is 18.9 Å². The summed E-state index contributed by atoms with van der Waals surface area (Å²) in [5.74, 6) is 0.510. The van der Waals surface area contributed by atoms with Crippen molar-refractivity contribution < 1.29 is 27.8 Å². The first-order valence-electron chi connectivity index (χ1n) is 11.7. The molecule has 0 aliphatic rings. The van der Waals surface area contributed by atoms with Crippen LogP contribution in [0.25, 0.3) is 10.8 Å². The van der Waals surface area contributed by atoms with Crippen LogP contribution in [0.15, 0.2) is 66.7 Å². The summed E-state index contributed by atoms with van der Waals surface area (Å²) in [6.45, 7) is 2.58. The average molecular weight is 489 g/mol. The zero-order chi connectivity index (χ0) is 25.3. The first kappa shape index (κ1) is 26.5. The zero-order valence-corrected chi connectivity index (χ0v) is 19.6. The second-order valence-corrected chi connectivity index (χ2v) is 8.62. The number of ether oxygens (including phenoxy) is 1. The number of aliphatic hydroxyl groups is 1. The number of aliphatic hydroxyl groups excluding tert-OH is 1. The van der Waals surface area contributed by atoms with Crippen molar-refractivity contribution in [2.45, 2.75) is 50.9 Å². The lowest BCUT2D eigenvalue weighted by atomic mass is 10.1. The fourth-order valence-electron chi connectivity index (χ4n) is 3.71. The second kappa shape index (κ2) is 12.6. The molecule has 0 radical (unpaired) electrons. The Morgan fingerprint density at radius 3 is 2.46 bits per heavy atom. The normalized spacial score (nSPS) is 13.4. The average Bonchev–Trinajstić information content (AvgIpc) is 2.84. The van der Waals surface area contributed by atoms with Gasteiger partial charge in [-0.25, -0.2) is 0 Å². The Kier molecular flexibility index (Phi) is 9.51. The number of carbonyl (C=O) groups is 1. The molecule has 35 heavy (non-hydrogen) atoms. The predicted molar refractivity (Wildman–Crippen MR) is 131 cm³/mol. The number of carbonyl (C=O) groups excluding carboxylic acids is 1. The summed E-state index contributed by atoms with van der Waals surface area (Å²) in [4.78, 5) is 12.0. The van der Waals surface area contributed by atoms with E-state index in [-0.39, 0.29) is 25.0 Å². The molecular weight excluding hydrogens is 457 g/mol. The molecule has 3 N–H and O–H groups in total. The third kappa shape index (κ3) is 8.56. The third-order valence-corrected chi connectivity index (χ3v) is 5.67. The van der Waals surface area contributed by atoms with Gasteiger partial charge in [0.15, 0.2) is 0 Å². The molecule has 0 heterocycles. The van der Waals surface area contributed by atoms with Crippen molar-refractivity contribution in [3.05, 3.63) is 72.3 Å². The van der Waals surface area contributed by atoms with Crippen LogP contribution in [-0.2, 0) is 11.0 Å². The number of unbranched alkanes of at least 4 members (excludes halogenated alkanes) is 1. The Hall–Kier alpha value is -3.10. The molecule has 0 saturated heterocycles. The van der Waals surface area contributed by atoms with E-state index in [2.05, 4.69) is 10.6 Å². The van der Waals surface area contributed by atoms with E-state index in [1.54, 1.807) is 0 Å². The van der Waals surface area contributed by atoms with Gasteiger partial charge in [-0.05, 0) is 55.5 Å². The highest BCUT2D eigenvalue weighted by molar-refractivity contribution is 5.90. The number of alkyl halides is 3. The van der Waals surface area contributed by atoms with E-state index in [9.17, 15) is 23.1 Å². The van der Waals surface area contributed by atoms with E-state index in [1.165, 1.54) is 12.1 Å². The van der Waals surface area contributed by atoms with E-state index in [1.807, 2.05) is 49.4 Å². The molecule has 0 bridgehead atoms. The largest absolute Gasteiger partial charge is 0.490 e. The minimum absolute atomic E-state index is 0.153. The van der Waals surface area contributed by atoms with Crippen molar-refractivity contribution in [1.82, 2.24) is 5.32 Å². The number of benzene rings is 3. The molecular formula is C27H31F3N2O3. The molecule has 0 aliphatic carbocycles. The smallest absolute Gasteiger partial charge is 0.416 e. The SMILES string of the molecule is C[C@H](CCCCC(=O)Nc1ccc(C(F)(F)F)cc1)NC[C@@H](O)COc1cccc2ccccc12. The number of rotatable bonds is 12. The van der Waals surface area contributed by atoms with Gasteiger partial charge in [0.25, 0.3) is 0 Å². The van der Waals surface area contributed by atoms with Gasteiger partial charge in [-0.1, -0.05) is 42.8 Å². The monoisotopic (exact) mass is 488 g/mol. The summed E-state index contributed by atoms with van der Waals surface area (Å²) in [7, 11) is 0. The highest BCUT2D eigenvalue weighted by atomic mass is 19.4. The number of hydrogen-bond acceptors (Lipinski definition) is 4. The molecule has 5 nitrogen and oxygen atoms in total. The molecule has 8 heteroatoms. The van der Waals surface area contributed by atoms with Crippen molar-refractivity contribution in [3.63, 3.8) is 0 Å². The first-order chi connectivity index (χ1) is 16.7. The molecule has 3 rings (SSSR count). The van der Waals surface area contributed by atoms with Gasteiger partial charge in [-0.15, -0.1) is 0 Å². The second-order valence-electron chi connectivity index (χ2n) is 8.62. The highest BCUT2D eigenvalue weighted by Gasteiger charge is 2.29. The number of fused-ring (bicyclic) bond motifs is 1. The Balaban J connectivity index is 1.29. The van der Waals surface area contributed by atoms with Crippen molar-refractivity contribution in [2.75, 3.05) is 18.5 Å². The summed E-state index contributed by atoms with van der Waals surface area (Å²) in [6, 6.07) is 18.3. The Morgan fingerprint density at radius 2 is 1.71 bits per heavy atom. The molecule has 0 fully saturated rings. The maximum Gasteiger partial charge on any atom is 0.416 e. The lowest BCUT2D eigenvalue weighted by molar-refractivity contribution is -0.137. The molecule has 2 atom stereocenters. The molecule has 0 aromatic heterocycles. The van der Waals surface area contributed by atoms with Crippen LogP contribution in [0.3, 0.4) is 0 Å². The predicted octanol–water partition coefficient (Wildman–Crippen LogP) is 5.78. The van der Waals surface area contributed by atoms with Crippen LogP contribution in [0, 0.1) is 0 Å². The van der Waals surface area contributed by atoms with Crippen LogP contribution < -0.4 is 15.4 Å². The molecule has 0 spiro atoms. The number of nitrogens with one attached hydrogen (secondary N) is 2. The molecule has 3 aromatic carbocycles.